The normalized spacial score (nSPS) is 16.2. The number of hydrogen-bond donors (Lipinski definition) is 0. The van der Waals surface area contributed by atoms with Crippen LogP contribution < -0.4 is 14.2 Å². The van der Waals surface area contributed by atoms with Crippen LogP contribution in [0.15, 0.2) is 42.5 Å². The number of alkyl halides is 1. The smallest absolute Gasteiger partial charge is 0.161 e. The molecule has 1 aliphatic heterocycles. The third-order valence-corrected chi connectivity index (χ3v) is 4.27. The van der Waals surface area contributed by atoms with Crippen molar-refractivity contribution < 1.29 is 14.2 Å². The van der Waals surface area contributed by atoms with Crippen molar-refractivity contribution >= 4 is 15.9 Å². The lowest BCUT2D eigenvalue weighted by Gasteiger charge is -2.14. The van der Waals surface area contributed by atoms with E-state index in [1.165, 1.54) is 5.56 Å². The molecule has 0 radical (unpaired) electrons. The first-order chi connectivity index (χ1) is 10.3. The largest absolute Gasteiger partial charge is 0.493 e. The minimum Gasteiger partial charge on any atom is -0.493 e. The molecule has 2 aromatic rings. The van der Waals surface area contributed by atoms with Crippen LogP contribution in [0.5, 0.6) is 17.2 Å². The highest BCUT2D eigenvalue weighted by Crippen LogP contribution is 2.35. The Morgan fingerprint density at radius 2 is 2.05 bits per heavy atom. The molecule has 0 N–H and O–H groups in total. The van der Waals surface area contributed by atoms with Gasteiger partial charge in [-0.25, -0.2) is 0 Å². The number of fused-ring (bicyclic) bond motifs is 1. The molecule has 0 bridgehead atoms. The second kappa shape index (κ2) is 6.39. The third kappa shape index (κ3) is 3.00. The summed E-state index contributed by atoms with van der Waals surface area (Å²) in [6, 6.07) is 14.1. The van der Waals surface area contributed by atoms with Crippen LogP contribution in [0.1, 0.15) is 17.0 Å². The SMILES string of the molecule is COc1ccc(CBr)cc1OCC1COc2ccccc21. The molecule has 0 fully saturated rings. The Morgan fingerprint density at radius 1 is 1.19 bits per heavy atom. The van der Waals surface area contributed by atoms with Crippen LogP contribution in [0.25, 0.3) is 0 Å². The van der Waals surface area contributed by atoms with Crippen molar-refractivity contribution in [2.75, 3.05) is 20.3 Å². The molecule has 0 aromatic heterocycles. The van der Waals surface area contributed by atoms with Crippen molar-refractivity contribution in [2.24, 2.45) is 0 Å². The van der Waals surface area contributed by atoms with Crippen molar-refractivity contribution in [3.05, 3.63) is 53.6 Å². The van der Waals surface area contributed by atoms with Crippen LogP contribution in [-0.2, 0) is 5.33 Å². The maximum atomic E-state index is 5.99. The van der Waals surface area contributed by atoms with Crippen molar-refractivity contribution in [3.63, 3.8) is 0 Å². The van der Waals surface area contributed by atoms with Gasteiger partial charge in [-0.1, -0.05) is 40.2 Å². The minimum atomic E-state index is 0.263. The van der Waals surface area contributed by atoms with Crippen molar-refractivity contribution in [2.45, 2.75) is 11.2 Å². The molecule has 0 saturated carbocycles. The van der Waals surface area contributed by atoms with Crippen molar-refractivity contribution in [3.8, 4) is 17.2 Å². The molecular weight excluding hydrogens is 332 g/mol. The number of benzene rings is 2. The number of ether oxygens (including phenoxy) is 3. The summed E-state index contributed by atoms with van der Waals surface area (Å²) < 4.78 is 17.0. The molecule has 3 rings (SSSR count). The lowest BCUT2D eigenvalue weighted by Crippen LogP contribution is -2.12. The average Bonchev–Trinajstić information content (AvgIpc) is 2.96. The number of hydrogen-bond acceptors (Lipinski definition) is 3. The molecule has 3 nitrogen and oxygen atoms in total. The number of rotatable bonds is 5. The quantitative estimate of drug-likeness (QED) is 0.759. The van der Waals surface area contributed by atoms with Gasteiger partial charge in [-0.05, 0) is 23.8 Å². The molecule has 2 aromatic carbocycles. The van der Waals surface area contributed by atoms with Crippen molar-refractivity contribution in [1.82, 2.24) is 0 Å². The molecule has 0 aliphatic carbocycles. The lowest BCUT2D eigenvalue weighted by molar-refractivity contribution is 0.240. The van der Waals surface area contributed by atoms with Crippen LogP contribution in [0.4, 0.5) is 0 Å². The summed E-state index contributed by atoms with van der Waals surface area (Å²) in [6.45, 7) is 1.25. The van der Waals surface area contributed by atoms with E-state index < -0.39 is 0 Å². The van der Waals surface area contributed by atoms with E-state index in [2.05, 4.69) is 22.0 Å². The maximum absolute atomic E-state index is 5.99. The summed E-state index contributed by atoms with van der Waals surface area (Å²) in [4.78, 5) is 0. The molecule has 110 valence electrons. The highest BCUT2D eigenvalue weighted by Gasteiger charge is 2.24. The Bertz CT molecular complexity index is 627. The van der Waals surface area contributed by atoms with Gasteiger partial charge in [-0.2, -0.15) is 0 Å². The molecule has 1 unspecified atom stereocenters. The first-order valence-electron chi connectivity index (χ1n) is 6.89. The van der Waals surface area contributed by atoms with E-state index in [9.17, 15) is 0 Å². The van der Waals surface area contributed by atoms with Gasteiger partial charge in [0, 0.05) is 10.9 Å². The Labute approximate surface area is 133 Å². The fourth-order valence-corrected chi connectivity index (χ4v) is 2.82. The van der Waals surface area contributed by atoms with Crippen LogP contribution in [0.3, 0.4) is 0 Å². The summed E-state index contributed by atoms with van der Waals surface area (Å²) >= 11 is 3.46. The van der Waals surface area contributed by atoms with Crippen LogP contribution >= 0.6 is 15.9 Å². The third-order valence-electron chi connectivity index (χ3n) is 3.62. The molecule has 1 atom stereocenters. The summed E-state index contributed by atoms with van der Waals surface area (Å²) in [7, 11) is 1.66. The Kier molecular flexibility index (Phi) is 4.34. The molecule has 0 amide bonds. The molecule has 0 spiro atoms. The minimum absolute atomic E-state index is 0.263. The molecular formula is C17H17BrO3. The summed E-state index contributed by atoms with van der Waals surface area (Å²) in [5.41, 5.74) is 2.38. The van der Waals surface area contributed by atoms with E-state index in [0.717, 1.165) is 28.1 Å². The van der Waals surface area contributed by atoms with E-state index in [1.807, 2.05) is 36.4 Å². The number of halogens is 1. The van der Waals surface area contributed by atoms with Gasteiger partial charge in [-0.15, -0.1) is 0 Å². The summed E-state index contributed by atoms with van der Waals surface area (Å²) in [5.74, 6) is 2.76. The predicted octanol–water partition coefficient (Wildman–Crippen LogP) is 4.15. The second-order valence-electron chi connectivity index (χ2n) is 4.98. The zero-order valence-electron chi connectivity index (χ0n) is 11.8. The zero-order chi connectivity index (χ0) is 14.7. The first kappa shape index (κ1) is 14.3. The monoisotopic (exact) mass is 348 g/mol. The number of para-hydroxylation sites is 1. The average molecular weight is 349 g/mol. The van der Waals surface area contributed by atoms with Crippen LogP contribution in [0.2, 0.25) is 0 Å². The second-order valence-corrected chi connectivity index (χ2v) is 5.54. The topological polar surface area (TPSA) is 27.7 Å². The highest BCUT2D eigenvalue weighted by atomic mass is 79.9. The fraction of sp³-hybridized carbons (Fsp3) is 0.294. The Hall–Kier alpha value is -1.68. The zero-order valence-corrected chi connectivity index (χ0v) is 13.4. The van der Waals surface area contributed by atoms with E-state index in [-0.39, 0.29) is 5.92 Å². The van der Waals surface area contributed by atoms with Gasteiger partial charge in [0.2, 0.25) is 0 Å². The van der Waals surface area contributed by atoms with Gasteiger partial charge in [-0.3, -0.25) is 0 Å². The number of methoxy groups -OCH3 is 1. The highest BCUT2D eigenvalue weighted by molar-refractivity contribution is 9.08. The van der Waals surface area contributed by atoms with Gasteiger partial charge in [0.15, 0.2) is 11.5 Å². The molecule has 1 heterocycles. The molecule has 4 heteroatoms. The van der Waals surface area contributed by atoms with Gasteiger partial charge in [0.25, 0.3) is 0 Å². The Morgan fingerprint density at radius 3 is 2.86 bits per heavy atom. The van der Waals surface area contributed by atoms with E-state index in [1.54, 1.807) is 7.11 Å². The Balaban J connectivity index is 1.74. The molecule has 0 saturated heterocycles. The molecule has 21 heavy (non-hydrogen) atoms. The van der Waals surface area contributed by atoms with Gasteiger partial charge >= 0.3 is 0 Å². The van der Waals surface area contributed by atoms with Gasteiger partial charge in [0.1, 0.15) is 5.75 Å². The van der Waals surface area contributed by atoms with Gasteiger partial charge in [0.05, 0.1) is 26.2 Å². The van der Waals surface area contributed by atoms with Crippen LogP contribution in [0, 0.1) is 0 Å². The summed E-state index contributed by atoms with van der Waals surface area (Å²) in [5, 5.41) is 0.794. The first-order valence-corrected chi connectivity index (χ1v) is 8.01. The summed E-state index contributed by atoms with van der Waals surface area (Å²) in [6.07, 6.45) is 0. The molecule has 1 aliphatic rings. The van der Waals surface area contributed by atoms with Gasteiger partial charge < -0.3 is 14.2 Å². The van der Waals surface area contributed by atoms with E-state index >= 15 is 0 Å². The van der Waals surface area contributed by atoms with Crippen molar-refractivity contribution in [1.29, 1.82) is 0 Å². The fourth-order valence-electron chi connectivity index (χ4n) is 2.47. The predicted molar refractivity (Wildman–Crippen MR) is 85.8 cm³/mol. The standard InChI is InChI=1S/C17H17BrO3/c1-19-16-7-6-12(9-18)8-17(16)21-11-13-10-20-15-5-3-2-4-14(13)15/h2-8,13H,9-11H2,1H3. The maximum Gasteiger partial charge on any atom is 0.161 e. The van der Waals surface area contributed by atoms with E-state index in [4.69, 9.17) is 14.2 Å². The van der Waals surface area contributed by atoms with Crippen LogP contribution in [-0.4, -0.2) is 20.3 Å². The lowest BCUT2D eigenvalue weighted by atomic mass is 10.0. The van der Waals surface area contributed by atoms with E-state index in [0.29, 0.717) is 13.2 Å².